The van der Waals surface area contributed by atoms with Crippen LogP contribution in [0, 0.1) is 0 Å². The Balaban J connectivity index is 1.37. The molecule has 32 heavy (non-hydrogen) atoms. The molecule has 1 aromatic rings. The predicted octanol–water partition coefficient (Wildman–Crippen LogP) is 0.522. The summed E-state index contributed by atoms with van der Waals surface area (Å²) in [6, 6.07) is 5.98. The van der Waals surface area contributed by atoms with Gasteiger partial charge >= 0.3 is 5.97 Å². The Labute approximate surface area is 192 Å². The van der Waals surface area contributed by atoms with Gasteiger partial charge in [-0.25, -0.2) is 4.79 Å². The van der Waals surface area contributed by atoms with Crippen molar-refractivity contribution in [1.29, 1.82) is 0 Å². The van der Waals surface area contributed by atoms with Gasteiger partial charge in [0.1, 0.15) is 6.04 Å². The van der Waals surface area contributed by atoms with Gasteiger partial charge in [0, 0.05) is 25.3 Å². The van der Waals surface area contributed by atoms with Crippen LogP contribution >= 0.6 is 11.8 Å². The number of hydrogen-bond acceptors (Lipinski definition) is 9. The number of carbonyl (C=O) groups excluding carboxylic acids is 1. The molecule has 2 heterocycles. The number of rotatable bonds is 12. The lowest BCUT2D eigenvalue weighted by Crippen LogP contribution is -2.50. The van der Waals surface area contributed by atoms with E-state index in [0.29, 0.717) is 12.4 Å². The molecule has 0 bridgehead atoms. The zero-order valence-electron chi connectivity index (χ0n) is 18.2. The lowest BCUT2D eigenvalue weighted by molar-refractivity contribution is -0.142. The maximum atomic E-state index is 12.4. The molecule has 1 aromatic carbocycles. The molecule has 3 unspecified atom stereocenters. The van der Waals surface area contributed by atoms with E-state index in [1.807, 2.05) is 24.3 Å². The molecule has 10 nitrogen and oxygen atoms in total. The van der Waals surface area contributed by atoms with Crippen LogP contribution < -0.4 is 26.7 Å². The number of thioether (sulfide) groups is 1. The number of guanidine groups is 1. The Bertz CT molecular complexity index is 791. The molecule has 1 amide bonds. The van der Waals surface area contributed by atoms with Gasteiger partial charge in [0.2, 0.25) is 5.91 Å². The van der Waals surface area contributed by atoms with Crippen molar-refractivity contribution in [3.8, 4) is 0 Å². The summed E-state index contributed by atoms with van der Waals surface area (Å²) in [5.41, 5.74) is 4.48. The number of aliphatic carboxylic acids is 1. The minimum absolute atomic E-state index is 0.211. The highest BCUT2D eigenvalue weighted by Gasteiger charge is 2.31. The molecule has 11 heteroatoms. The van der Waals surface area contributed by atoms with E-state index in [1.54, 1.807) is 11.8 Å². The van der Waals surface area contributed by atoms with E-state index in [4.69, 9.17) is 4.84 Å². The van der Waals surface area contributed by atoms with E-state index in [1.165, 1.54) is 0 Å². The van der Waals surface area contributed by atoms with Crippen molar-refractivity contribution in [1.82, 2.24) is 21.3 Å². The maximum Gasteiger partial charge on any atom is 0.326 e. The summed E-state index contributed by atoms with van der Waals surface area (Å²) in [6.45, 7) is 5.04. The largest absolute Gasteiger partial charge is 0.480 e. The molecule has 2 aliphatic heterocycles. The fourth-order valence-electron chi connectivity index (χ4n) is 3.34. The van der Waals surface area contributed by atoms with Crippen LogP contribution in [0.4, 0.5) is 5.69 Å². The average molecular weight is 465 g/mol. The lowest BCUT2D eigenvalue weighted by Gasteiger charge is -2.18. The number of aliphatic imine (C=N–C) groups is 1. The third kappa shape index (κ3) is 7.57. The fourth-order valence-corrected chi connectivity index (χ4v) is 4.51. The molecule has 3 rings (SSSR count). The second-order valence-corrected chi connectivity index (χ2v) is 8.87. The van der Waals surface area contributed by atoms with Crippen LogP contribution in [0.1, 0.15) is 25.3 Å². The van der Waals surface area contributed by atoms with Gasteiger partial charge in [-0.15, -0.1) is 11.8 Å². The Morgan fingerprint density at radius 3 is 2.81 bits per heavy atom. The van der Waals surface area contributed by atoms with Gasteiger partial charge in [-0.3, -0.25) is 25.4 Å². The van der Waals surface area contributed by atoms with Crippen molar-refractivity contribution >= 4 is 35.3 Å². The number of carboxylic acid groups (broad SMARTS) is 1. The van der Waals surface area contributed by atoms with Gasteiger partial charge in [-0.2, -0.15) is 0 Å². The third-order valence-electron chi connectivity index (χ3n) is 5.13. The van der Waals surface area contributed by atoms with Crippen LogP contribution in [0.5, 0.6) is 0 Å². The zero-order valence-corrected chi connectivity index (χ0v) is 19.0. The summed E-state index contributed by atoms with van der Waals surface area (Å²) in [7, 11) is 0. The Hall–Kier alpha value is -2.50. The van der Waals surface area contributed by atoms with Crippen LogP contribution in [0.15, 0.2) is 29.3 Å². The van der Waals surface area contributed by atoms with Crippen LogP contribution in [-0.2, 0) is 20.8 Å². The molecular formula is C21H32N6O4S. The van der Waals surface area contributed by atoms with Crippen molar-refractivity contribution in [3.63, 3.8) is 0 Å². The number of carboxylic acids is 1. The first-order valence-corrected chi connectivity index (χ1v) is 12.0. The summed E-state index contributed by atoms with van der Waals surface area (Å²) in [4.78, 5) is 33.8. The number of hydrogen-bond donors (Lipinski definition) is 6. The van der Waals surface area contributed by atoms with Crippen LogP contribution in [0.25, 0.3) is 0 Å². The number of benzene rings is 1. The van der Waals surface area contributed by atoms with Gasteiger partial charge in [0.15, 0.2) is 5.96 Å². The van der Waals surface area contributed by atoms with Gasteiger partial charge in [-0.05, 0) is 30.5 Å². The van der Waals surface area contributed by atoms with Crippen molar-refractivity contribution in [3.05, 3.63) is 29.8 Å². The standard InChI is InChI=1S/C21H32N6O4S/c1-2-18-25-17(13-32-18)19(28)26-16(20(29)30)12-14-4-6-15(7-5-14)27-31-11-3-8-22-21-23-9-10-24-21/h4-7,16-18,25,27H,2-3,8-13H2,1H3,(H,26,28)(H,29,30)(H2,22,23,24). The Kier molecular flexibility index (Phi) is 9.44. The normalized spacial score (nSPS) is 20.8. The quantitative estimate of drug-likeness (QED) is 0.193. The predicted molar refractivity (Wildman–Crippen MR) is 126 cm³/mol. The van der Waals surface area contributed by atoms with Crippen molar-refractivity contribution in [2.45, 2.75) is 43.6 Å². The smallest absolute Gasteiger partial charge is 0.326 e. The number of carbonyl (C=O) groups is 2. The van der Waals surface area contributed by atoms with Crippen molar-refractivity contribution < 1.29 is 19.5 Å². The highest BCUT2D eigenvalue weighted by atomic mass is 32.2. The lowest BCUT2D eigenvalue weighted by atomic mass is 10.1. The monoisotopic (exact) mass is 464 g/mol. The third-order valence-corrected chi connectivity index (χ3v) is 6.52. The van der Waals surface area contributed by atoms with Gasteiger partial charge in [0.25, 0.3) is 0 Å². The Morgan fingerprint density at radius 2 is 2.16 bits per heavy atom. The topological polar surface area (TPSA) is 136 Å². The SMILES string of the molecule is CCC1NC(C(=O)NC(Cc2ccc(NOCCCNC3=NCCN3)cc2)C(=O)O)CS1. The molecule has 0 aliphatic carbocycles. The summed E-state index contributed by atoms with van der Waals surface area (Å²) in [6.07, 6.45) is 1.95. The highest BCUT2D eigenvalue weighted by molar-refractivity contribution is 8.00. The van der Waals surface area contributed by atoms with E-state index < -0.39 is 12.0 Å². The summed E-state index contributed by atoms with van der Waals surface area (Å²) < 4.78 is 0. The first-order valence-electron chi connectivity index (χ1n) is 10.9. The van der Waals surface area contributed by atoms with Crippen LogP contribution in [0.2, 0.25) is 0 Å². The zero-order chi connectivity index (χ0) is 22.8. The molecule has 2 aliphatic rings. The summed E-state index contributed by atoms with van der Waals surface area (Å²) in [5, 5.41) is 22.0. The molecular weight excluding hydrogens is 432 g/mol. The minimum atomic E-state index is -1.05. The van der Waals surface area contributed by atoms with E-state index in [2.05, 4.69) is 38.7 Å². The molecule has 0 saturated carbocycles. The average Bonchev–Trinajstić information content (AvgIpc) is 3.48. The second-order valence-electron chi connectivity index (χ2n) is 7.64. The number of nitrogens with zero attached hydrogens (tertiary/aromatic N) is 1. The van der Waals surface area contributed by atoms with Crippen LogP contribution in [0.3, 0.4) is 0 Å². The summed E-state index contributed by atoms with van der Waals surface area (Å²) in [5.74, 6) is 0.179. The molecule has 6 N–H and O–H groups in total. The van der Waals surface area contributed by atoms with Crippen LogP contribution in [-0.4, -0.2) is 72.4 Å². The van der Waals surface area contributed by atoms with E-state index in [-0.39, 0.29) is 23.7 Å². The van der Waals surface area contributed by atoms with E-state index >= 15 is 0 Å². The van der Waals surface area contributed by atoms with Gasteiger partial charge in [-0.1, -0.05) is 19.1 Å². The van der Waals surface area contributed by atoms with Crippen molar-refractivity contribution in [2.75, 3.05) is 37.5 Å². The van der Waals surface area contributed by atoms with Gasteiger partial charge < -0.3 is 21.1 Å². The first kappa shape index (κ1) is 24.1. The number of nitrogens with one attached hydrogen (secondary N) is 5. The molecule has 1 fully saturated rings. The molecule has 0 spiro atoms. The first-order chi connectivity index (χ1) is 15.5. The molecule has 176 valence electrons. The highest BCUT2D eigenvalue weighted by Crippen LogP contribution is 2.21. The molecule has 3 atom stereocenters. The second kappa shape index (κ2) is 12.5. The van der Waals surface area contributed by atoms with E-state index in [0.717, 1.165) is 49.7 Å². The van der Waals surface area contributed by atoms with E-state index in [9.17, 15) is 14.7 Å². The minimum Gasteiger partial charge on any atom is -0.480 e. The molecule has 0 aromatic heterocycles. The van der Waals surface area contributed by atoms with Gasteiger partial charge in [0.05, 0.1) is 30.3 Å². The molecule has 1 saturated heterocycles. The maximum absolute atomic E-state index is 12.4. The van der Waals surface area contributed by atoms with Crippen molar-refractivity contribution in [2.24, 2.45) is 4.99 Å². The number of anilines is 1. The molecule has 0 radical (unpaired) electrons. The Morgan fingerprint density at radius 1 is 1.34 bits per heavy atom. The summed E-state index contributed by atoms with van der Waals surface area (Å²) >= 11 is 1.69. The number of amides is 1. The fraction of sp³-hybridized carbons (Fsp3) is 0.571.